The number of likely N-dealkylation sites (tertiary alicyclic amines) is 1. The van der Waals surface area contributed by atoms with E-state index in [0.717, 1.165) is 64.8 Å². The fourth-order valence-electron chi connectivity index (χ4n) is 5.34. The van der Waals surface area contributed by atoms with Gasteiger partial charge in [0, 0.05) is 42.7 Å². The molecule has 0 unspecified atom stereocenters. The number of fused-ring (bicyclic) bond motifs is 2. The Kier molecular flexibility index (Phi) is 7.24. The van der Waals surface area contributed by atoms with Gasteiger partial charge in [0.2, 0.25) is 5.91 Å². The molecule has 9 nitrogen and oxygen atoms in total. The maximum atomic E-state index is 13.1. The lowest BCUT2D eigenvalue weighted by atomic mass is 9.95. The molecule has 0 saturated carbocycles. The Balaban J connectivity index is 1.43. The van der Waals surface area contributed by atoms with Gasteiger partial charge in [0.05, 0.1) is 16.9 Å². The molecular formula is C30H35N7O2. The van der Waals surface area contributed by atoms with Gasteiger partial charge in [0.15, 0.2) is 5.84 Å². The highest BCUT2D eigenvalue weighted by Crippen LogP contribution is 2.28. The molecule has 1 saturated heterocycles. The number of carbonyl (C=O) groups excluding carboxylic acids is 1. The van der Waals surface area contributed by atoms with E-state index in [1.165, 1.54) is 0 Å². The minimum atomic E-state index is -0.0557. The van der Waals surface area contributed by atoms with Crippen molar-refractivity contribution >= 4 is 45.1 Å². The lowest BCUT2D eigenvalue weighted by Gasteiger charge is -2.32. The molecule has 3 aromatic carbocycles. The van der Waals surface area contributed by atoms with Gasteiger partial charge >= 0.3 is 0 Å². The molecule has 0 bridgehead atoms. The van der Waals surface area contributed by atoms with E-state index in [9.17, 15) is 4.79 Å². The topological polar surface area (TPSA) is 133 Å². The number of hydrogen-bond donors (Lipinski definition) is 4. The lowest BCUT2D eigenvalue weighted by Crippen LogP contribution is -2.40. The van der Waals surface area contributed by atoms with Crippen molar-refractivity contribution in [3.63, 3.8) is 0 Å². The number of hydrogen-bond acceptors (Lipinski definition) is 5. The highest BCUT2D eigenvalue weighted by atomic mass is 16.4. The van der Waals surface area contributed by atoms with Crippen LogP contribution >= 0.6 is 0 Å². The predicted octanol–water partition coefficient (Wildman–Crippen LogP) is 5.10. The van der Waals surface area contributed by atoms with Crippen LogP contribution in [-0.4, -0.2) is 50.3 Å². The summed E-state index contributed by atoms with van der Waals surface area (Å²) in [5, 5.41) is 25.2. The first-order valence-electron chi connectivity index (χ1n) is 13.3. The maximum Gasteiger partial charge on any atom is 0.227 e. The van der Waals surface area contributed by atoms with Gasteiger partial charge in [-0.3, -0.25) is 10.2 Å². The number of piperidine rings is 1. The monoisotopic (exact) mass is 525 g/mol. The molecule has 0 radical (unpaired) electrons. The van der Waals surface area contributed by atoms with Crippen LogP contribution in [0.3, 0.4) is 0 Å². The lowest BCUT2D eigenvalue weighted by molar-refractivity contribution is -0.121. The fourth-order valence-corrected chi connectivity index (χ4v) is 5.34. The van der Waals surface area contributed by atoms with Crippen LogP contribution < -0.4 is 11.1 Å². The molecule has 5 N–H and O–H groups in total. The molecule has 2 heterocycles. The fraction of sp³-hybridized carbons (Fsp3) is 0.333. The first kappa shape index (κ1) is 26.2. The van der Waals surface area contributed by atoms with Gasteiger partial charge in [-0.1, -0.05) is 43.3 Å². The Bertz CT molecular complexity index is 1580. The van der Waals surface area contributed by atoms with E-state index in [1.54, 1.807) is 6.92 Å². The van der Waals surface area contributed by atoms with Crippen molar-refractivity contribution in [1.82, 2.24) is 14.5 Å². The second kappa shape index (κ2) is 10.8. The summed E-state index contributed by atoms with van der Waals surface area (Å²) in [6.07, 6.45) is 1.50. The third-order valence-electron chi connectivity index (χ3n) is 7.55. The zero-order valence-corrected chi connectivity index (χ0v) is 22.6. The van der Waals surface area contributed by atoms with Gasteiger partial charge < -0.3 is 25.7 Å². The average molecular weight is 526 g/mol. The van der Waals surface area contributed by atoms with Gasteiger partial charge in [-0.25, -0.2) is 4.98 Å². The van der Waals surface area contributed by atoms with E-state index < -0.39 is 0 Å². The summed E-state index contributed by atoms with van der Waals surface area (Å²) < 4.78 is 2.22. The first-order valence-corrected chi connectivity index (χ1v) is 13.3. The smallest absolute Gasteiger partial charge is 0.227 e. The van der Waals surface area contributed by atoms with Crippen LogP contribution in [0, 0.1) is 11.3 Å². The van der Waals surface area contributed by atoms with Crippen LogP contribution in [-0.2, 0) is 11.3 Å². The number of oxime groups is 1. The predicted molar refractivity (Wildman–Crippen MR) is 156 cm³/mol. The average Bonchev–Trinajstić information content (AvgIpc) is 3.30. The molecule has 202 valence electrons. The van der Waals surface area contributed by atoms with Crippen molar-refractivity contribution < 1.29 is 10.0 Å². The Morgan fingerprint density at radius 2 is 1.87 bits per heavy atom. The van der Waals surface area contributed by atoms with Crippen LogP contribution in [0.5, 0.6) is 0 Å². The van der Waals surface area contributed by atoms with Crippen molar-refractivity contribution in [3.8, 4) is 0 Å². The molecule has 0 atom stereocenters. The molecule has 5 rings (SSSR count). The molecule has 1 amide bonds. The SMILES string of the molecule is CC(=N)N1CCC(C(=O)Nc2ccc3nc(C(C)C)n(Cc4ccc5ccc(/C(N)=N\O)cc5c4)c3c2)CC1. The Hall–Kier alpha value is -4.40. The number of amides is 1. The summed E-state index contributed by atoms with van der Waals surface area (Å²) >= 11 is 0. The van der Waals surface area contributed by atoms with E-state index in [2.05, 4.69) is 47.1 Å². The second-order valence-corrected chi connectivity index (χ2v) is 10.6. The highest BCUT2D eigenvalue weighted by Gasteiger charge is 2.25. The molecule has 0 spiro atoms. The number of rotatable bonds is 6. The summed E-state index contributed by atoms with van der Waals surface area (Å²) in [5.41, 5.74) is 10.2. The van der Waals surface area contributed by atoms with Crippen LogP contribution in [0.15, 0.2) is 59.8 Å². The Morgan fingerprint density at radius 3 is 2.56 bits per heavy atom. The zero-order chi connectivity index (χ0) is 27.7. The molecule has 39 heavy (non-hydrogen) atoms. The summed E-state index contributed by atoms with van der Waals surface area (Å²) in [6, 6.07) is 17.9. The van der Waals surface area contributed by atoms with Crippen molar-refractivity contribution in [1.29, 1.82) is 5.41 Å². The van der Waals surface area contributed by atoms with Gasteiger partial charge in [-0.2, -0.15) is 0 Å². The number of benzene rings is 3. The largest absolute Gasteiger partial charge is 0.409 e. The van der Waals surface area contributed by atoms with Gasteiger partial charge in [0.25, 0.3) is 0 Å². The highest BCUT2D eigenvalue weighted by molar-refractivity contribution is 6.00. The van der Waals surface area contributed by atoms with E-state index in [4.69, 9.17) is 21.3 Å². The van der Waals surface area contributed by atoms with Crippen molar-refractivity contribution in [2.24, 2.45) is 16.8 Å². The first-order chi connectivity index (χ1) is 18.7. The molecule has 0 aliphatic carbocycles. The molecule has 9 heteroatoms. The van der Waals surface area contributed by atoms with Gasteiger partial charge in [-0.05, 0) is 66.4 Å². The van der Waals surface area contributed by atoms with Crippen molar-refractivity contribution in [2.75, 3.05) is 18.4 Å². The number of nitrogens with two attached hydrogens (primary N) is 1. The summed E-state index contributed by atoms with van der Waals surface area (Å²) in [5.74, 6) is 1.81. The summed E-state index contributed by atoms with van der Waals surface area (Å²) in [4.78, 5) is 20.0. The number of nitrogens with zero attached hydrogens (tertiary/aromatic N) is 4. The molecule has 1 aliphatic rings. The summed E-state index contributed by atoms with van der Waals surface area (Å²) in [6.45, 7) is 8.15. The molecule has 1 aliphatic heterocycles. The van der Waals surface area contributed by atoms with E-state index in [1.807, 2.05) is 41.3 Å². The van der Waals surface area contributed by atoms with Gasteiger partial charge in [-0.15, -0.1) is 0 Å². The zero-order valence-electron chi connectivity index (χ0n) is 22.6. The standard InChI is InChI=1S/C30H35N7O2/c1-18(2)29-34-26-9-8-25(33-30(38)22-10-12-36(13-11-22)19(3)31)16-27(26)37(29)17-20-4-5-21-6-7-23(28(32)35-39)15-24(21)14-20/h4-9,14-16,18,22,31,39H,10-13,17H2,1-3H3,(H2,32,35)(H,33,38). The van der Waals surface area contributed by atoms with Crippen LogP contribution in [0.1, 0.15) is 56.5 Å². The van der Waals surface area contributed by atoms with E-state index in [0.29, 0.717) is 17.9 Å². The third kappa shape index (κ3) is 5.43. The third-order valence-corrected chi connectivity index (χ3v) is 7.55. The quantitative estimate of drug-likeness (QED) is 0.120. The van der Waals surface area contributed by atoms with Crippen molar-refractivity contribution in [2.45, 2.75) is 46.1 Å². The van der Waals surface area contributed by atoms with E-state index in [-0.39, 0.29) is 23.6 Å². The number of nitrogens with one attached hydrogen (secondary N) is 2. The van der Waals surface area contributed by atoms with Crippen LogP contribution in [0.25, 0.3) is 21.8 Å². The second-order valence-electron chi connectivity index (χ2n) is 10.6. The number of amidine groups is 2. The number of carbonyl (C=O) groups is 1. The van der Waals surface area contributed by atoms with Crippen LogP contribution in [0.2, 0.25) is 0 Å². The maximum absolute atomic E-state index is 13.1. The normalized spacial score (nSPS) is 14.9. The van der Waals surface area contributed by atoms with Gasteiger partial charge in [0.1, 0.15) is 5.82 Å². The molecular weight excluding hydrogens is 490 g/mol. The number of imidazole rings is 1. The summed E-state index contributed by atoms with van der Waals surface area (Å²) in [7, 11) is 0. The van der Waals surface area contributed by atoms with E-state index >= 15 is 0 Å². The molecule has 1 fully saturated rings. The Labute approximate surface area is 227 Å². The minimum absolute atomic E-state index is 0.0304. The number of aromatic nitrogens is 2. The molecule has 1 aromatic heterocycles. The minimum Gasteiger partial charge on any atom is -0.409 e. The van der Waals surface area contributed by atoms with Crippen LogP contribution in [0.4, 0.5) is 5.69 Å². The van der Waals surface area contributed by atoms with Crippen molar-refractivity contribution in [3.05, 3.63) is 71.5 Å². The Morgan fingerprint density at radius 1 is 1.13 bits per heavy atom. The molecule has 4 aromatic rings. The number of anilines is 1.